The van der Waals surface area contributed by atoms with E-state index < -0.39 is 0 Å². The van der Waals surface area contributed by atoms with Gasteiger partial charge in [-0.3, -0.25) is 9.78 Å². The molecular formula is C18H18ClN3O2. The highest BCUT2D eigenvalue weighted by Gasteiger charge is 2.11. The van der Waals surface area contributed by atoms with E-state index in [1.54, 1.807) is 18.7 Å². The van der Waals surface area contributed by atoms with Crippen molar-refractivity contribution in [2.45, 2.75) is 13.3 Å². The van der Waals surface area contributed by atoms with E-state index in [2.05, 4.69) is 15.6 Å². The molecule has 0 atom stereocenters. The Hall–Kier alpha value is -2.53. The molecule has 1 amide bonds. The molecule has 2 heterocycles. The number of furan rings is 1. The quantitative estimate of drug-likeness (QED) is 0.671. The van der Waals surface area contributed by atoms with Crippen molar-refractivity contribution >= 4 is 34.2 Å². The standard InChI is InChI=1S/C18H18ClN3O2/c1-12-7-17-15(9-16(12)19)13(11-24-17)8-18(23)22-6-5-21-14-3-2-4-20-10-14/h2-4,7,9-11,21H,5-6,8H2,1H3,(H,22,23). The van der Waals surface area contributed by atoms with E-state index >= 15 is 0 Å². The highest BCUT2D eigenvalue weighted by molar-refractivity contribution is 6.32. The third kappa shape index (κ3) is 3.86. The van der Waals surface area contributed by atoms with E-state index in [0.717, 1.165) is 27.8 Å². The summed E-state index contributed by atoms with van der Waals surface area (Å²) >= 11 is 6.16. The van der Waals surface area contributed by atoms with Crippen LogP contribution in [-0.4, -0.2) is 24.0 Å². The molecule has 0 saturated carbocycles. The summed E-state index contributed by atoms with van der Waals surface area (Å²) in [6.45, 7) is 3.09. The van der Waals surface area contributed by atoms with Crippen LogP contribution in [0.25, 0.3) is 11.0 Å². The number of aromatic nitrogens is 1. The van der Waals surface area contributed by atoms with Crippen molar-refractivity contribution in [2.24, 2.45) is 0 Å². The fraction of sp³-hybridized carbons (Fsp3) is 0.222. The lowest BCUT2D eigenvalue weighted by Crippen LogP contribution is -2.29. The Morgan fingerprint density at radius 1 is 1.33 bits per heavy atom. The van der Waals surface area contributed by atoms with E-state index in [0.29, 0.717) is 18.1 Å². The number of benzene rings is 1. The van der Waals surface area contributed by atoms with Crippen LogP contribution in [0.15, 0.2) is 47.3 Å². The van der Waals surface area contributed by atoms with Gasteiger partial charge in [-0.1, -0.05) is 11.6 Å². The van der Waals surface area contributed by atoms with Crippen molar-refractivity contribution in [3.63, 3.8) is 0 Å². The smallest absolute Gasteiger partial charge is 0.224 e. The number of hydrogen-bond acceptors (Lipinski definition) is 4. The molecule has 3 rings (SSSR count). The summed E-state index contributed by atoms with van der Waals surface area (Å²) in [4.78, 5) is 16.1. The first-order chi connectivity index (χ1) is 11.6. The third-order valence-electron chi connectivity index (χ3n) is 3.72. The van der Waals surface area contributed by atoms with Crippen LogP contribution in [0.1, 0.15) is 11.1 Å². The number of rotatable bonds is 6. The van der Waals surface area contributed by atoms with Crippen LogP contribution in [-0.2, 0) is 11.2 Å². The van der Waals surface area contributed by atoms with Gasteiger partial charge >= 0.3 is 0 Å². The molecule has 3 aromatic rings. The number of aryl methyl sites for hydroxylation is 1. The maximum Gasteiger partial charge on any atom is 0.224 e. The van der Waals surface area contributed by atoms with Gasteiger partial charge < -0.3 is 15.1 Å². The summed E-state index contributed by atoms with van der Waals surface area (Å²) in [6, 6.07) is 7.52. The third-order valence-corrected chi connectivity index (χ3v) is 4.13. The van der Waals surface area contributed by atoms with Crippen LogP contribution in [0, 0.1) is 6.92 Å². The Morgan fingerprint density at radius 3 is 3.00 bits per heavy atom. The molecule has 5 nitrogen and oxygen atoms in total. The minimum absolute atomic E-state index is 0.0533. The minimum Gasteiger partial charge on any atom is -0.464 e. The van der Waals surface area contributed by atoms with E-state index in [4.69, 9.17) is 16.0 Å². The zero-order valence-electron chi connectivity index (χ0n) is 13.3. The lowest BCUT2D eigenvalue weighted by Gasteiger charge is -2.07. The van der Waals surface area contributed by atoms with Crippen LogP contribution >= 0.6 is 11.6 Å². The average Bonchev–Trinajstić information content (AvgIpc) is 2.95. The van der Waals surface area contributed by atoms with Crippen molar-refractivity contribution in [2.75, 3.05) is 18.4 Å². The van der Waals surface area contributed by atoms with Gasteiger partial charge in [0.05, 0.1) is 18.4 Å². The van der Waals surface area contributed by atoms with E-state index in [9.17, 15) is 4.79 Å². The summed E-state index contributed by atoms with van der Waals surface area (Å²) in [5, 5.41) is 7.63. The molecule has 1 aromatic carbocycles. The molecule has 0 unspecified atom stereocenters. The molecule has 0 aliphatic heterocycles. The maximum absolute atomic E-state index is 12.1. The van der Waals surface area contributed by atoms with Crippen LogP contribution in [0.3, 0.4) is 0 Å². The number of fused-ring (bicyclic) bond motifs is 1. The summed E-state index contributed by atoms with van der Waals surface area (Å²) in [5.41, 5.74) is 3.47. The highest BCUT2D eigenvalue weighted by Crippen LogP contribution is 2.27. The Morgan fingerprint density at radius 2 is 2.21 bits per heavy atom. The second-order valence-corrected chi connectivity index (χ2v) is 5.96. The first-order valence-corrected chi connectivity index (χ1v) is 8.08. The highest BCUT2D eigenvalue weighted by atomic mass is 35.5. The van der Waals surface area contributed by atoms with Gasteiger partial charge in [-0.15, -0.1) is 0 Å². The first kappa shape index (κ1) is 16.3. The average molecular weight is 344 g/mol. The topological polar surface area (TPSA) is 67.2 Å². The minimum atomic E-state index is -0.0533. The predicted octanol–water partition coefficient (Wildman–Crippen LogP) is 3.56. The van der Waals surface area contributed by atoms with E-state index in [1.807, 2.05) is 31.2 Å². The second-order valence-electron chi connectivity index (χ2n) is 5.55. The van der Waals surface area contributed by atoms with Crippen LogP contribution in [0.2, 0.25) is 5.02 Å². The predicted molar refractivity (Wildman–Crippen MR) is 95.4 cm³/mol. The number of amides is 1. The Bertz CT molecular complexity index is 846. The van der Waals surface area contributed by atoms with Crippen LogP contribution in [0.5, 0.6) is 0 Å². The number of hydrogen-bond donors (Lipinski definition) is 2. The van der Waals surface area contributed by atoms with Crippen molar-refractivity contribution in [3.05, 3.63) is 59.1 Å². The fourth-order valence-electron chi connectivity index (χ4n) is 2.45. The molecular weight excluding hydrogens is 326 g/mol. The lowest BCUT2D eigenvalue weighted by molar-refractivity contribution is -0.120. The van der Waals surface area contributed by atoms with Gasteiger partial charge in [-0.2, -0.15) is 0 Å². The normalized spacial score (nSPS) is 10.8. The van der Waals surface area contributed by atoms with E-state index in [-0.39, 0.29) is 12.3 Å². The van der Waals surface area contributed by atoms with Gasteiger partial charge in [0.15, 0.2) is 0 Å². The molecule has 0 bridgehead atoms. The summed E-state index contributed by atoms with van der Waals surface area (Å²) < 4.78 is 5.51. The Kier molecular flexibility index (Phi) is 5.01. The molecule has 0 fully saturated rings. The lowest BCUT2D eigenvalue weighted by atomic mass is 10.1. The Labute approximate surface area is 145 Å². The molecule has 24 heavy (non-hydrogen) atoms. The molecule has 0 saturated heterocycles. The fourth-order valence-corrected chi connectivity index (χ4v) is 2.61. The van der Waals surface area contributed by atoms with Gasteiger partial charge in [0.25, 0.3) is 0 Å². The number of halogens is 1. The largest absolute Gasteiger partial charge is 0.464 e. The molecule has 6 heteroatoms. The summed E-state index contributed by atoms with van der Waals surface area (Å²) in [6.07, 6.45) is 5.34. The van der Waals surface area contributed by atoms with Crippen molar-refractivity contribution in [1.82, 2.24) is 10.3 Å². The number of nitrogens with zero attached hydrogens (tertiary/aromatic N) is 1. The van der Waals surface area contributed by atoms with Gasteiger partial charge in [-0.05, 0) is 36.8 Å². The molecule has 0 spiro atoms. The van der Waals surface area contributed by atoms with E-state index in [1.165, 1.54) is 0 Å². The van der Waals surface area contributed by atoms with Crippen molar-refractivity contribution in [1.29, 1.82) is 0 Å². The SMILES string of the molecule is Cc1cc2occ(CC(=O)NCCNc3cccnc3)c2cc1Cl. The van der Waals surface area contributed by atoms with Gasteiger partial charge in [0.2, 0.25) is 5.91 Å². The van der Waals surface area contributed by atoms with Crippen molar-refractivity contribution in [3.8, 4) is 0 Å². The summed E-state index contributed by atoms with van der Waals surface area (Å²) in [5.74, 6) is -0.0533. The second kappa shape index (κ2) is 7.36. The van der Waals surface area contributed by atoms with Crippen LogP contribution < -0.4 is 10.6 Å². The zero-order valence-corrected chi connectivity index (χ0v) is 14.1. The van der Waals surface area contributed by atoms with Gasteiger partial charge in [0, 0.05) is 41.5 Å². The molecule has 0 aliphatic carbocycles. The number of carbonyl (C=O) groups excluding carboxylic acids is 1. The van der Waals surface area contributed by atoms with Gasteiger partial charge in [0.1, 0.15) is 5.58 Å². The van der Waals surface area contributed by atoms with Crippen LogP contribution in [0.4, 0.5) is 5.69 Å². The first-order valence-electron chi connectivity index (χ1n) is 7.70. The molecule has 2 aromatic heterocycles. The number of nitrogens with one attached hydrogen (secondary N) is 2. The van der Waals surface area contributed by atoms with Crippen molar-refractivity contribution < 1.29 is 9.21 Å². The number of pyridine rings is 1. The number of anilines is 1. The summed E-state index contributed by atoms with van der Waals surface area (Å²) in [7, 11) is 0. The molecule has 2 N–H and O–H groups in total. The zero-order chi connectivity index (χ0) is 16.9. The molecule has 124 valence electrons. The molecule has 0 aliphatic rings. The monoisotopic (exact) mass is 343 g/mol. The molecule has 0 radical (unpaired) electrons. The maximum atomic E-state index is 12.1. The Balaban J connectivity index is 1.53. The van der Waals surface area contributed by atoms with Gasteiger partial charge in [-0.25, -0.2) is 0 Å². The number of carbonyl (C=O) groups is 1.